The quantitative estimate of drug-likeness (QED) is 0.431. The molecule has 0 heterocycles. The van der Waals surface area contributed by atoms with Gasteiger partial charge in [0.05, 0.1) is 0 Å². The van der Waals surface area contributed by atoms with Crippen LogP contribution in [0.3, 0.4) is 0 Å². The first-order valence-corrected chi connectivity index (χ1v) is 12.5. The number of amides is 3. The molecule has 0 saturated heterocycles. The van der Waals surface area contributed by atoms with Gasteiger partial charge in [-0.1, -0.05) is 44.9 Å². The van der Waals surface area contributed by atoms with Gasteiger partial charge < -0.3 is 20.3 Å². The highest BCUT2D eigenvalue weighted by atomic mass is 16.6. The molecule has 3 unspecified atom stereocenters. The third-order valence-electron chi connectivity index (χ3n) is 5.88. The summed E-state index contributed by atoms with van der Waals surface area (Å²) in [5.41, 5.74) is 2.25. The predicted octanol–water partition coefficient (Wildman–Crippen LogP) is 5.19. The minimum absolute atomic E-state index is 0.211. The highest BCUT2D eigenvalue weighted by Gasteiger charge is 2.37. The fourth-order valence-electron chi connectivity index (χ4n) is 3.62. The molecule has 2 N–H and O–H groups in total. The maximum absolute atomic E-state index is 13.7. The van der Waals surface area contributed by atoms with Crippen molar-refractivity contribution in [1.82, 2.24) is 15.5 Å². The van der Waals surface area contributed by atoms with Gasteiger partial charge in [0.25, 0.3) is 0 Å². The van der Waals surface area contributed by atoms with Crippen LogP contribution in [-0.2, 0) is 14.3 Å². The fraction of sp³-hybridized carbons (Fsp3) is 0.667. The molecule has 1 aromatic carbocycles. The zero-order valence-corrected chi connectivity index (χ0v) is 22.6. The Morgan fingerprint density at radius 2 is 1.68 bits per heavy atom. The predicted molar refractivity (Wildman–Crippen MR) is 137 cm³/mol. The van der Waals surface area contributed by atoms with Gasteiger partial charge in [0.1, 0.15) is 17.7 Å². The number of alkyl carbamates (subject to hydrolysis) is 1. The van der Waals surface area contributed by atoms with Crippen molar-refractivity contribution >= 4 is 17.9 Å². The number of carbonyl (C=O) groups excluding carboxylic acids is 3. The molecule has 192 valence electrons. The average Bonchev–Trinajstić information content (AvgIpc) is 2.74. The zero-order valence-electron chi connectivity index (χ0n) is 22.6. The Balaban J connectivity index is 3.32. The lowest BCUT2D eigenvalue weighted by molar-refractivity contribution is -0.144. The summed E-state index contributed by atoms with van der Waals surface area (Å²) in [6.07, 6.45) is 2.97. The standard InChI is InChI=1S/C27H45N3O4/c1-10-12-13-16-28-24(31)23(22-15-14-18(3)19(4)17-22)30(20(5)11-2)25(32)21(6)29-26(33)34-27(7,8)9/h14-15,17,20-21,23H,10-13,16H2,1-9H3,(H,28,31)(H,29,33). The van der Waals surface area contributed by atoms with E-state index in [1.165, 1.54) is 0 Å². The van der Waals surface area contributed by atoms with Crippen LogP contribution in [0.25, 0.3) is 0 Å². The number of nitrogens with zero attached hydrogens (tertiary/aromatic N) is 1. The number of rotatable bonds is 11. The highest BCUT2D eigenvalue weighted by molar-refractivity contribution is 5.92. The molecule has 0 fully saturated rings. The van der Waals surface area contributed by atoms with Crippen LogP contribution in [0.4, 0.5) is 4.79 Å². The third kappa shape index (κ3) is 8.99. The van der Waals surface area contributed by atoms with Gasteiger partial charge in [-0.15, -0.1) is 0 Å². The molecule has 0 aliphatic carbocycles. The zero-order chi connectivity index (χ0) is 26.1. The molecule has 7 heteroatoms. The summed E-state index contributed by atoms with van der Waals surface area (Å²) in [5.74, 6) is -0.537. The van der Waals surface area contributed by atoms with Crippen molar-refractivity contribution in [3.63, 3.8) is 0 Å². The first-order chi connectivity index (χ1) is 15.8. The molecule has 1 aromatic rings. The summed E-state index contributed by atoms with van der Waals surface area (Å²) >= 11 is 0. The smallest absolute Gasteiger partial charge is 0.408 e. The highest BCUT2D eigenvalue weighted by Crippen LogP contribution is 2.27. The molecule has 1 rings (SSSR count). The van der Waals surface area contributed by atoms with Crippen LogP contribution in [0.1, 0.15) is 96.9 Å². The number of nitrogens with one attached hydrogen (secondary N) is 2. The van der Waals surface area contributed by atoms with Crippen LogP contribution in [0.5, 0.6) is 0 Å². The molecule has 3 atom stereocenters. The molecule has 0 radical (unpaired) electrons. The van der Waals surface area contributed by atoms with Crippen LogP contribution in [-0.4, -0.2) is 47.0 Å². The lowest BCUT2D eigenvalue weighted by Gasteiger charge is -2.37. The fourth-order valence-corrected chi connectivity index (χ4v) is 3.62. The van der Waals surface area contributed by atoms with Crippen molar-refractivity contribution < 1.29 is 19.1 Å². The van der Waals surface area contributed by atoms with E-state index in [4.69, 9.17) is 4.74 Å². The number of hydrogen-bond donors (Lipinski definition) is 2. The van der Waals surface area contributed by atoms with E-state index >= 15 is 0 Å². The molecule has 34 heavy (non-hydrogen) atoms. The molecular formula is C27H45N3O4. The molecule has 0 spiro atoms. The monoisotopic (exact) mass is 475 g/mol. The Labute approximate surface area is 206 Å². The average molecular weight is 476 g/mol. The molecule has 0 saturated carbocycles. The number of ether oxygens (including phenoxy) is 1. The van der Waals surface area contributed by atoms with Crippen molar-refractivity contribution in [2.45, 2.75) is 112 Å². The van der Waals surface area contributed by atoms with Crippen molar-refractivity contribution in [3.05, 3.63) is 34.9 Å². The normalized spacial score (nSPS) is 14.0. The molecular weight excluding hydrogens is 430 g/mol. The van der Waals surface area contributed by atoms with Gasteiger partial charge in [0.2, 0.25) is 11.8 Å². The van der Waals surface area contributed by atoms with E-state index in [-0.39, 0.29) is 17.9 Å². The largest absolute Gasteiger partial charge is 0.444 e. The van der Waals surface area contributed by atoms with Crippen LogP contribution in [0.15, 0.2) is 18.2 Å². The minimum Gasteiger partial charge on any atom is -0.444 e. The maximum Gasteiger partial charge on any atom is 0.408 e. The Kier molecular flexibility index (Phi) is 11.6. The summed E-state index contributed by atoms with van der Waals surface area (Å²) in [7, 11) is 0. The maximum atomic E-state index is 13.7. The Bertz CT molecular complexity index is 832. The lowest BCUT2D eigenvalue weighted by atomic mass is 9.96. The molecule has 0 aliphatic heterocycles. The van der Waals surface area contributed by atoms with Gasteiger partial charge in [-0.05, 0) is 78.0 Å². The second-order valence-corrected chi connectivity index (χ2v) is 10.1. The van der Waals surface area contributed by atoms with Crippen molar-refractivity contribution in [2.75, 3.05) is 6.54 Å². The van der Waals surface area contributed by atoms with Crippen molar-refractivity contribution in [2.24, 2.45) is 0 Å². The van der Waals surface area contributed by atoms with Gasteiger partial charge in [0.15, 0.2) is 0 Å². The summed E-state index contributed by atoms with van der Waals surface area (Å²) in [4.78, 5) is 41.1. The van der Waals surface area contributed by atoms with Crippen LogP contribution < -0.4 is 10.6 Å². The van der Waals surface area contributed by atoms with Crippen molar-refractivity contribution in [3.8, 4) is 0 Å². The van der Waals surface area contributed by atoms with Crippen LogP contribution >= 0.6 is 0 Å². The third-order valence-corrected chi connectivity index (χ3v) is 5.88. The van der Waals surface area contributed by atoms with E-state index < -0.39 is 23.8 Å². The van der Waals surface area contributed by atoms with Gasteiger partial charge in [-0.2, -0.15) is 0 Å². The lowest BCUT2D eigenvalue weighted by Crippen LogP contribution is -2.54. The Hall–Kier alpha value is -2.57. The SMILES string of the molecule is CCCCCNC(=O)C(c1ccc(C)c(C)c1)N(C(=O)C(C)NC(=O)OC(C)(C)C)C(C)CC. The number of unbranched alkanes of at least 4 members (excludes halogenated alkanes) is 2. The number of carbonyl (C=O) groups is 3. The van der Waals surface area contributed by atoms with Gasteiger partial charge in [-0.3, -0.25) is 9.59 Å². The summed E-state index contributed by atoms with van der Waals surface area (Å²) in [6.45, 7) is 17.5. The first-order valence-electron chi connectivity index (χ1n) is 12.5. The van der Waals surface area contributed by atoms with E-state index in [0.717, 1.165) is 36.0 Å². The summed E-state index contributed by atoms with van der Waals surface area (Å²) in [5, 5.41) is 5.67. The van der Waals surface area contributed by atoms with E-state index in [0.29, 0.717) is 13.0 Å². The summed E-state index contributed by atoms with van der Waals surface area (Å²) < 4.78 is 5.32. The Morgan fingerprint density at radius 3 is 2.21 bits per heavy atom. The number of aryl methyl sites for hydroxylation is 2. The van der Waals surface area contributed by atoms with Gasteiger partial charge in [-0.25, -0.2) is 4.79 Å². The Morgan fingerprint density at radius 1 is 1.03 bits per heavy atom. The topological polar surface area (TPSA) is 87.7 Å². The first kappa shape index (κ1) is 29.5. The molecule has 3 amide bonds. The number of benzene rings is 1. The summed E-state index contributed by atoms with van der Waals surface area (Å²) in [6, 6.07) is 3.98. The van der Waals surface area contributed by atoms with E-state index in [1.807, 2.05) is 45.9 Å². The minimum atomic E-state index is -0.856. The molecule has 0 aliphatic rings. The van der Waals surface area contributed by atoms with Gasteiger partial charge >= 0.3 is 6.09 Å². The van der Waals surface area contributed by atoms with Crippen molar-refractivity contribution in [1.29, 1.82) is 0 Å². The van der Waals surface area contributed by atoms with Crippen LogP contribution in [0, 0.1) is 13.8 Å². The second-order valence-electron chi connectivity index (χ2n) is 10.1. The van der Waals surface area contributed by atoms with E-state index in [2.05, 4.69) is 17.6 Å². The molecule has 0 aromatic heterocycles. The van der Waals surface area contributed by atoms with E-state index in [9.17, 15) is 14.4 Å². The van der Waals surface area contributed by atoms with Crippen LogP contribution in [0.2, 0.25) is 0 Å². The molecule has 0 bridgehead atoms. The second kappa shape index (κ2) is 13.4. The number of hydrogen-bond acceptors (Lipinski definition) is 4. The van der Waals surface area contributed by atoms with E-state index in [1.54, 1.807) is 32.6 Å². The van der Waals surface area contributed by atoms with Gasteiger partial charge in [0, 0.05) is 12.6 Å². The molecule has 7 nitrogen and oxygen atoms in total.